The van der Waals surface area contributed by atoms with Crippen molar-refractivity contribution >= 4 is 17.8 Å². The number of hydrogen-bond acceptors (Lipinski definition) is 5. The SMILES string of the molecule is COC1=C(OC)/C(=C\C(=O)/C=C/c2ccccc2)OC1=O. The van der Waals surface area contributed by atoms with E-state index in [9.17, 15) is 9.59 Å². The summed E-state index contributed by atoms with van der Waals surface area (Å²) in [5, 5.41) is 0. The molecular formula is C16H14O5. The van der Waals surface area contributed by atoms with Crippen LogP contribution in [0.4, 0.5) is 0 Å². The molecule has 0 aliphatic carbocycles. The summed E-state index contributed by atoms with van der Waals surface area (Å²) >= 11 is 0. The van der Waals surface area contributed by atoms with Crippen LogP contribution in [0, 0.1) is 0 Å². The number of cyclic esters (lactones) is 1. The molecule has 0 saturated heterocycles. The number of carbonyl (C=O) groups excluding carboxylic acids is 2. The lowest BCUT2D eigenvalue weighted by atomic mass is 10.2. The van der Waals surface area contributed by atoms with Crippen LogP contribution < -0.4 is 0 Å². The second kappa shape index (κ2) is 6.56. The molecule has 21 heavy (non-hydrogen) atoms. The quantitative estimate of drug-likeness (QED) is 0.613. The van der Waals surface area contributed by atoms with E-state index in [0.29, 0.717) is 0 Å². The van der Waals surface area contributed by atoms with Crippen LogP contribution in [0.2, 0.25) is 0 Å². The molecule has 0 amide bonds. The van der Waals surface area contributed by atoms with Crippen molar-refractivity contribution in [2.45, 2.75) is 0 Å². The Hall–Kier alpha value is -2.82. The van der Waals surface area contributed by atoms with Gasteiger partial charge in [-0.3, -0.25) is 4.79 Å². The largest absolute Gasteiger partial charge is 0.490 e. The summed E-state index contributed by atoms with van der Waals surface area (Å²) in [6.45, 7) is 0. The summed E-state index contributed by atoms with van der Waals surface area (Å²) in [7, 11) is 2.70. The van der Waals surface area contributed by atoms with Gasteiger partial charge in [0, 0.05) is 6.08 Å². The Morgan fingerprint density at radius 1 is 1.10 bits per heavy atom. The molecule has 0 saturated carbocycles. The first-order valence-corrected chi connectivity index (χ1v) is 6.19. The molecule has 1 aliphatic heterocycles. The number of hydrogen-bond donors (Lipinski definition) is 0. The van der Waals surface area contributed by atoms with Gasteiger partial charge in [-0.15, -0.1) is 0 Å². The van der Waals surface area contributed by atoms with Crippen molar-refractivity contribution in [3.8, 4) is 0 Å². The van der Waals surface area contributed by atoms with E-state index in [-0.39, 0.29) is 23.1 Å². The van der Waals surface area contributed by atoms with Crippen LogP contribution in [-0.4, -0.2) is 26.0 Å². The lowest BCUT2D eigenvalue weighted by Crippen LogP contribution is -2.00. The molecule has 5 heteroatoms. The Morgan fingerprint density at radius 2 is 1.76 bits per heavy atom. The zero-order chi connectivity index (χ0) is 15.2. The fraction of sp³-hybridized carbons (Fsp3) is 0.125. The van der Waals surface area contributed by atoms with Gasteiger partial charge in [-0.05, 0) is 11.6 Å². The predicted molar refractivity (Wildman–Crippen MR) is 75.7 cm³/mol. The zero-order valence-corrected chi connectivity index (χ0v) is 11.7. The van der Waals surface area contributed by atoms with Crippen molar-refractivity contribution in [2.75, 3.05) is 14.2 Å². The van der Waals surface area contributed by atoms with E-state index in [0.717, 1.165) is 5.56 Å². The van der Waals surface area contributed by atoms with E-state index in [1.54, 1.807) is 6.08 Å². The highest BCUT2D eigenvalue weighted by atomic mass is 16.6. The van der Waals surface area contributed by atoms with Crippen molar-refractivity contribution in [2.24, 2.45) is 0 Å². The van der Waals surface area contributed by atoms with Gasteiger partial charge in [0.05, 0.1) is 14.2 Å². The van der Waals surface area contributed by atoms with Crippen LogP contribution in [0.3, 0.4) is 0 Å². The lowest BCUT2D eigenvalue weighted by Gasteiger charge is -2.01. The molecule has 2 rings (SSSR count). The summed E-state index contributed by atoms with van der Waals surface area (Å²) in [5.41, 5.74) is 0.896. The van der Waals surface area contributed by atoms with Crippen LogP contribution in [0.5, 0.6) is 0 Å². The standard InChI is InChI=1S/C16H14O5/c1-19-14-13(21-16(18)15(14)20-2)10-12(17)9-8-11-6-4-3-5-7-11/h3-10H,1-2H3/b9-8+,13-10+. The summed E-state index contributed by atoms with van der Waals surface area (Å²) in [6.07, 6.45) is 4.24. The minimum Gasteiger partial charge on any atom is -0.490 e. The number of carbonyl (C=O) groups is 2. The summed E-state index contributed by atoms with van der Waals surface area (Å²) < 4.78 is 14.8. The third kappa shape index (κ3) is 3.39. The maximum absolute atomic E-state index is 11.9. The topological polar surface area (TPSA) is 61.8 Å². The first-order chi connectivity index (χ1) is 10.2. The maximum Gasteiger partial charge on any atom is 0.383 e. The highest BCUT2D eigenvalue weighted by molar-refractivity contribution is 6.04. The van der Waals surface area contributed by atoms with E-state index in [1.165, 1.54) is 26.4 Å². The molecule has 0 radical (unpaired) electrons. The van der Waals surface area contributed by atoms with Gasteiger partial charge >= 0.3 is 5.97 Å². The zero-order valence-electron chi connectivity index (χ0n) is 11.7. The first kappa shape index (κ1) is 14.6. The molecule has 5 nitrogen and oxygen atoms in total. The average molecular weight is 286 g/mol. The second-order valence-corrected chi connectivity index (χ2v) is 4.11. The first-order valence-electron chi connectivity index (χ1n) is 6.19. The van der Waals surface area contributed by atoms with Gasteiger partial charge in [0.2, 0.25) is 5.76 Å². The number of benzene rings is 1. The Labute approximate surface area is 122 Å². The Kier molecular flexibility index (Phi) is 4.56. The summed E-state index contributed by atoms with van der Waals surface area (Å²) in [4.78, 5) is 23.4. The number of rotatable bonds is 5. The molecule has 0 spiro atoms. The van der Waals surface area contributed by atoms with Gasteiger partial charge in [0.15, 0.2) is 11.5 Å². The lowest BCUT2D eigenvalue weighted by molar-refractivity contribution is -0.136. The Morgan fingerprint density at radius 3 is 2.38 bits per heavy atom. The van der Waals surface area contributed by atoms with Crippen LogP contribution in [0.1, 0.15) is 5.56 Å². The molecule has 0 N–H and O–H groups in total. The van der Waals surface area contributed by atoms with Crippen LogP contribution >= 0.6 is 0 Å². The van der Waals surface area contributed by atoms with Crippen molar-refractivity contribution in [3.63, 3.8) is 0 Å². The number of allylic oxidation sites excluding steroid dienone is 2. The second-order valence-electron chi connectivity index (χ2n) is 4.11. The fourth-order valence-corrected chi connectivity index (χ4v) is 1.78. The van der Waals surface area contributed by atoms with E-state index >= 15 is 0 Å². The molecule has 0 bridgehead atoms. The average Bonchev–Trinajstić information content (AvgIpc) is 2.80. The Balaban J connectivity index is 2.17. The van der Waals surface area contributed by atoms with Gasteiger partial charge in [-0.25, -0.2) is 4.79 Å². The van der Waals surface area contributed by atoms with Crippen molar-refractivity contribution in [1.29, 1.82) is 0 Å². The van der Waals surface area contributed by atoms with Gasteiger partial charge in [-0.1, -0.05) is 36.4 Å². The third-order valence-electron chi connectivity index (χ3n) is 2.74. The van der Waals surface area contributed by atoms with Crippen molar-refractivity contribution < 1.29 is 23.8 Å². The van der Waals surface area contributed by atoms with E-state index in [2.05, 4.69) is 0 Å². The normalized spacial score (nSPS) is 16.5. The monoisotopic (exact) mass is 286 g/mol. The molecule has 0 unspecified atom stereocenters. The fourth-order valence-electron chi connectivity index (χ4n) is 1.78. The molecular weight excluding hydrogens is 272 g/mol. The number of methoxy groups -OCH3 is 2. The van der Waals surface area contributed by atoms with Gasteiger partial charge < -0.3 is 14.2 Å². The van der Waals surface area contributed by atoms with E-state index in [4.69, 9.17) is 14.2 Å². The molecule has 1 aromatic carbocycles. The minimum atomic E-state index is -0.680. The Bertz CT molecular complexity index is 638. The molecule has 1 heterocycles. The smallest absolute Gasteiger partial charge is 0.383 e. The molecule has 108 valence electrons. The van der Waals surface area contributed by atoms with Crippen molar-refractivity contribution in [1.82, 2.24) is 0 Å². The third-order valence-corrected chi connectivity index (χ3v) is 2.74. The maximum atomic E-state index is 11.9. The van der Waals surface area contributed by atoms with Gasteiger partial charge in [-0.2, -0.15) is 0 Å². The minimum absolute atomic E-state index is 0.0436. The van der Waals surface area contributed by atoms with E-state index in [1.807, 2.05) is 30.3 Å². The summed E-state index contributed by atoms with van der Waals surface area (Å²) in [5.74, 6) is -0.899. The van der Waals surface area contributed by atoms with Crippen LogP contribution in [0.25, 0.3) is 6.08 Å². The van der Waals surface area contributed by atoms with Crippen molar-refractivity contribution in [3.05, 3.63) is 65.3 Å². The summed E-state index contributed by atoms with van der Waals surface area (Å²) in [6, 6.07) is 9.38. The predicted octanol–water partition coefficient (Wildman–Crippen LogP) is 2.21. The van der Waals surface area contributed by atoms with Gasteiger partial charge in [0.1, 0.15) is 0 Å². The van der Waals surface area contributed by atoms with Crippen LogP contribution in [-0.2, 0) is 23.8 Å². The molecule has 0 fully saturated rings. The highest BCUT2D eigenvalue weighted by Crippen LogP contribution is 2.26. The number of ketones is 1. The van der Waals surface area contributed by atoms with Crippen LogP contribution in [0.15, 0.2) is 59.8 Å². The molecule has 0 aromatic heterocycles. The number of esters is 1. The highest BCUT2D eigenvalue weighted by Gasteiger charge is 2.32. The van der Waals surface area contributed by atoms with E-state index < -0.39 is 5.97 Å². The number of ether oxygens (including phenoxy) is 3. The molecule has 1 aromatic rings. The molecule has 0 atom stereocenters. The molecule has 1 aliphatic rings. The van der Waals surface area contributed by atoms with Gasteiger partial charge in [0.25, 0.3) is 5.76 Å².